The van der Waals surface area contributed by atoms with Crippen LogP contribution in [-0.4, -0.2) is 20.2 Å². The smallest absolute Gasteiger partial charge is 0.188 e. The van der Waals surface area contributed by atoms with Gasteiger partial charge in [0.2, 0.25) is 0 Å². The lowest BCUT2D eigenvalue weighted by molar-refractivity contribution is 0.0493. The largest absolute Gasteiger partial charge is 0.467 e. The molecule has 2 unspecified atom stereocenters. The Bertz CT molecular complexity index is 869. The third-order valence-corrected chi connectivity index (χ3v) is 8.08. The SMILES string of the molecule is CCCCC(CC)(Pc1ccccc1C=O)c1cc(C(C)(C)C)cc(C)c1OCOC. The number of hydrogen-bond acceptors (Lipinski definition) is 3. The zero-order chi connectivity index (χ0) is 23.1. The van der Waals surface area contributed by atoms with Gasteiger partial charge in [-0.25, -0.2) is 0 Å². The number of aldehydes is 1. The Labute approximate surface area is 190 Å². The second kappa shape index (κ2) is 11.2. The molecular formula is C27H39O3P. The van der Waals surface area contributed by atoms with Crippen LogP contribution in [0.25, 0.3) is 0 Å². The molecule has 3 nitrogen and oxygen atoms in total. The predicted octanol–water partition coefficient (Wildman–Crippen LogP) is 6.89. The Kier molecular flexibility index (Phi) is 9.28. The highest BCUT2D eigenvalue weighted by Gasteiger charge is 2.35. The molecule has 0 aliphatic heterocycles. The maximum absolute atomic E-state index is 11.8. The first-order chi connectivity index (χ1) is 14.7. The molecule has 2 aromatic carbocycles. The number of aryl methyl sites for hydroxylation is 1. The molecule has 2 atom stereocenters. The molecular weight excluding hydrogens is 403 g/mol. The first-order valence-electron chi connectivity index (χ1n) is 11.3. The van der Waals surface area contributed by atoms with Crippen molar-refractivity contribution in [3.05, 3.63) is 58.7 Å². The van der Waals surface area contributed by atoms with E-state index in [1.54, 1.807) is 7.11 Å². The van der Waals surface area contributed by atoms with Crippen LogP contribution < -0.4 is 10.0 Å². The van der Waals surface area contributed by atoms with Crippen LogP contribution in [0.2, 0.25) is 0 Å². The van der Waals surface area contributed by atoms with Crippen molar-refractivity contribution in [2.24, 2.45) is 0 Å². The molecule has 31 heavy (non-hydrogen) atoms. The van der Waals surface area contributed by atoms with E-state index in [9.17, 15) is 4.79 Å². The van der Waals surface area contributed by atoms with Gasteiger partial charge in [0.05, 0.1) is 0 Å². The Hall–Kier alpha value is -1.70. The highest BCUT2D eigenvalue weighted by atomic mass is 31.1. The van der Waals surface area contributed by atoms with Gasteiger partial charge in [-0.2, -0.15) is 0 Å². The highest BCUT2D eigenvalue weighted by molar-refractivity contribution is 7.48. The molecule has 0 aliphatic carbocycles. The van der Waals surface area contributed by atoms with E-state index in [0.717, 1.165) is 54.2 Å². The van der Waals surface area contributed by atoms with Gasteiger partial charge in [0.15, 0.2) is 13.1 Å². The molecule has 0 spiro atoms. The number of hydrogen-bond donors (Lipinski definition) is 0. The van der Waals surface area contributed by atoms with Gasteiger partial charge in [0, 0.05) is 23.4 Å². The standard InChI is InChI=1S/C27H39O3P/c1-8-10-15-27(9-2,31-24-14-12-11-13-21(24)18-28)23-17-22(26(4,5)6)16-20(3)25(23)30-19-29-7/h11-14,16-18,31H,8-10,15,19H2,1-7H3. The maximum atomic E-state index is 11.8. The molecule has 0 amide bonds. The van der Waals surface area contributed by atoms with Crippen molar-refractivity contribution in [3.63, 3.8) is 0 Å². The van der Waals surface area contributed by atoms with Crippen molar-refractivity contribution in [2.75, 3.05) is 13.9 Å². The molecule has 4 heteroatoms. The number of ether oxygens (including phenoxy) is 2. The summed E-state index contributed by atoms with van der Waals surface area (Å²) in [5, 5.41) is 1.04. The monoisotopic (exact) mass is 442 g/mol. The van der Waals surface area contributed by atoms with E-state index >= 15 is 0 Å². The molecule has 0 N–H and O–H groups in total. The Balaban J connectivity index is 2.76. The summed E-state index contributed by atoms with van der Waals surface area (Å²) in [7, 11) is 2.14. The molecule has 2 rings (SSSR count). The van der Waals surface area contributed by atoms with Gasteiger partial charge in [0.25, 0.3) is 0 Å². The Morgan fingerprint density at radius 1 is 1.10 bits per heavy atom. The minimum absolute atomic E-state index is 0.0351. The first-order valence-corrected chi connectivity index (χ1v) is 12.3. The molecule has 2 aromatic rings. The predicted molar refractivity (Wildman–Crippen MR) is 134 cm³/mol. The van der Waals surface area contributed by atoms with E-state index in [0.29, 0.717) is 8.58 Å². The summed E-state index contributed by atoms with van der Waals surface area (Å²) in [6, 6.07) is 12.6. The van der Waals surface area contributed by atoms with Crippen molar-refractivity contribution >= 4 is 20.2 Å². The summed E-state index contributed by atoms with van der Waals surface area (Å²) < 4.78 is 11.4. The summed E-state index contributed by atoms with van der Waals surface area (Å²) >= 11 is 0. The zero-order valence-corrected chi connectivity index (χ0v) is 21.3. The van der Waals surface area contributed by atoms with Crippen LogP contribution in [0.5, 0.6) is 5.75 Å². The molecule has 170 valence electrons. The average Bonchev–Trinajstić information content (AvgIpc) is 2.75. The normalized spacial score (nSPS) is 14.0. The molecule has 0 heterocycles. The summed E-state index contributed by atoms with van der Waals surface area (Å²) in [5.41, 5.74) is 4.53. The van der Waals surface area contributed by atoms with Crippen molar-refractivity contribution in [3.8, 4) is 5.75 Å². The van der Waals surface area contributed by atoms with Crippen molar-refractivity contribution in [2.45, 2.75) is 77.8 Å². The number of methoxy groups -OCH3 is 1. The van der Waals surface area contributed by atoms with Crippen LogP contribution in [0.1, 0.15) is 87.4 Å². The van der Waals surface area contributed by atoms with Crippen LogP contribution >= 0.6 is 8.58 Å². The molecule has 0 saturated carbocycles. The van der Waals surface area contributed by atoms with Crippen LogP contribution in [0.3, 0.4) is 0 Å². The van der Waals surface area contributed by atoms with Gasteiger partial charge in [-0.1, -0.05) is 92.4 Å². The third kappa shape index (κ3) is 6.18. The average molecular weight is 443 g/mol. The fourth-order valence-corrected chi connectivity index (χ4v) is 5.82. The van der Waals surface area contributed by atoms with Crippen molar-refractivity contribution in [1.29, 1.82) is 0 Å². The van der Waals surface area contributed by atoms with Gasteiger partial charge in [-0.05, 0) is 41.6 Å². The van der Waals surface area contributed by atoms with Gasteiger partial charge < -0.3 is 9.47 Å². The number of carbonyl (C=O) groups is 1. The Morgan fingerprint density at radius 3 is 2.39 bits per heavy atom. The van der Waals surface area contributed by atoms with E-state index < -0.39 is 0 Å². The van der Waals surface area contributed by atoms with E-state index in [1.165, 1.54) is 11.1 Å². The first kappa shape index (κ1) is 25.6. The fourth-order valence-electron chi connectivity index (χ4n) is 4.04. The second-order valence-electron chi connectivity index (χ2n) is 9.34. The van der Waals surface area contributed by atoms with Gasteiger partial charge in [-0.3, -0.25) is 4.79 Å². The lowest BCUT2D eigenvalue weighted by Crippen LogP contribution is -2.26. The minimum atomic E-state index is -0.0930. The van der Waals surface area contributed by atoms with Crippen LogP contribution in [0, 0.1) is 6.92 Å². The van der Waals surface area contributed by atoms with Gasteiger partial charge in [-0.15, -0.1) is 0 Å². The van der Waals surface area contributed by atoms with Crippen molar-refractivity contribution in [1.82, 2.24) is 0 Å². The van der Waals surface area contributed by atoms with Crippen LogP contribution in [0.4, 0.5) is 0 Å². The van der Waals surface area contributed by atoms with E-state index in [1.807, 2.05) is 18.2 Å². The van der Waals surface area contributed by atoms with Crippen LogP contribution in [-0.2, 0) is 15.3 Å². The second-order valence-corrected chi connectivity index (χ2v) is 11.1. The lowest BCUT2D eigenvalue weighted by atomic mass is 9.80. The van der Waals surface area contributed by atoms with E-state index in [4.69, 9.17) is 9.47 Å². The number of carbonyl (C=O) groups excluding carboxylic acids is 1. The third-order valence-electron chi connectivity index (χ3n) is 6.00. The van der Waals surface area contributed by atoms with E-state index in [2.05, 4.69) is 59.7 Å². The molecule has 0 radical (unpaired) electrons. The topological polar surface area (TPSA) is 35.5 Å². The van der Waals surface area contributed by atoms with E-state index in [-0.39, 0.29) is 17.4 Å². The summed E-state index contributed by atoms with van der Waals surface area (Å²) in [4.78, 5) is 11.8. The summed E-state index contributed by atoms with van der Waals surface area (Å²) in [6.07, 6.45) is 5.29. The molecule has 0 aliphatic rings. The molecule has 0 aromatic heterocycles. The Morgan fingerprint density at radius 2 is 1.81 bits per heavy atom. The quantitative estimate of drug-likeness (QED) is 0.216. The molecule has 0 bridgehead atoms. The molecule has 0 saturated heterocycles. The lowest BCUT2D eigenvalue weighted by Gasteiger charge is -2.37. The highest BCUT2D eigenvalue weighted by Crippen LogP contribution is 2.52. The minimum Gasteiger partial charge on any atom is -0.467 e. The molecule has 0 fully saturated rings. The fraction of sp³-hybridized carbons (Fsp3) is 0.519. The summed E-state index contributed by atoms with van der Waals surface area (Å²) in [6.45, 7) is 13.6. The summed E-state index contributed by atoms with van der Waals surface area (Å²) in [5.74, 6) is 0.934. The zero-order valence-electron chi connectivity index (χ0n) is 20.3. The number of rotatable bonds is 11. The van der Waals surface area contributed by atoms with Crippen LogP contribution in [0.15, 0.2) is 36.4 Å². The number of unbranched alkanes of at least 4 members (excludes halogenated alkanes) is 1. The number of benzene rings is 2. The van der Waals surface area contributed by atoms with Gasteiger partial charge >= 0.3 is 0 Å². The van der Waals surface area contributed by atoms with Crippen molar-refractivity contribution < 1.29 is 14.3 Å². The van der Waals surface area contributed by atoms with Gasteiger partial charge in [0.1, 0.15) is 5.75 Å². The maximum Gasteiger partial charge on any atom is 0.188 e.